The van der Waals surface area contributed by atoms with Gasteiger partial charge in [-0.25, -0.2) is 0 Å². The zero-order chi connectivity index (χ0) is 12.2. The van der Waals surface area contributed by atoms with E-state index in [1.807, 2.05) is 0 Å². The molecule has 0 amide bonds. The molecule has 94 valence electrons. The van der Waals surface area contributed by atoms with E-state index in [1.165, 1.54) is 37.7 Å². The van der Waals surface area contributed by atoms with Gasteiger partial charge in [0.25, 0.3) is 0 Å². The molecule has 0 saturated heterocycles. The third kappa shape index (κ3) is 3.35. The van der Waals surface area contributed by atoms with Gasteiger partial charge in [-0.05, 0) is 43.4 Å². The van der Waals surface area contributed by atoms with Crippen molar-refractivity contribution in [3.8, 4) is 0 Å². The van der Waals surface area contributed by atoms with Crippen LogP contribution >= 0.6 is 0 Å². The summed E-state index contributed by atoms with van der Waals surface area (Å²) in [7, 11) is 0. The first-order valence-corrected chi connectivity index (χ1v) is 6.85. The topological polar surface area (TPSA) is 20.2 Å². The van der Waals surface area contributed by atoms with Crippen LogP contribution in [0.15, 0.2) is 12.2 Å². The molecule has 1 N–H and O–H groups in total. The van der Waals surface area contributed by atoms with E-state index >= 15 is 0 Å². The Hall–Kier alpha value is -0.300. The van der Waals surface area contributed by atoms with E-state index in [0.29, 0.717) is 5.92 Å². The summed E-state index contributed by atoms with van der Waals surface area (Å²) in [5.74, 6) is 0.683. The fraction of sp³-hybridized carbons (Fsp3) is 0.867. The fourth-order valence-corrected chi connectivity index (χ4v) is 3.20. The minimum absolute atomic E-state index is 0.162. The van der Waals surface area contributed by atoms with Crippen LogP contribution < -0.4 is 0 Å². The lowest BCUT2D eigenvalue weighted by atomic mass is 9.72. The average molecular weight is 224 g/mol. The van der Waals surface area contributed by atoms with Crippen LogP contribution in [0.4, 0.5) is 0 Å². The number of hydrogen-bond acceptors (Lipinski definition) is 1. The molecule has 0 bridgehead atoms. The number of aliphatic hydroxyl groups is 1. The zero-order valence-corrected chi connectivity index (χ0v) is 11.3. The molecule has 0 aromatic rings. The second-order valence-electron chi connectivity index (χ2n) is 5.99. The van der Waals surface area contributed by atoms with Gasteiger partial charge < -0.3 is 5.11 Å². The van der Waals surface area contributed by atoms with Gasteiger partial charge in [0.2, 0.25) is 0 Å². The molecule has 1 rings (SSSR count). The normalized spacial score (nSPS) is 21.3. The van der Waals surface area contributed by atoms with Crippen molar-refractivity contribution in [1.29, 1.82) is 0 Å². The second-order valence-corrected chi connectivity index (χ2v) is 5.99. The Labute approximate surface area is 101 Å². The molecule has 0 aliphatic heterocycles. The van der Waals surface area contributed by atoms with Crippen LogP contribution in [0.25, 0.3) is 0 Å². The summed E-state index contributed by atoms with van der Waals surface area (Å²) in [5.41, 5.74) is 1.40. The van der Waals surface area contributed by atoms with Crippen LogP contribution in [-0.4, -0.2) is 11.2 Å². The first kappa shape index (κ1) is 13.8. The number of rotatable bonds is 6. The van der Waals surface area contributed by atoms with Gasteiger partial charge in [-0.2, -0.15) is 0 Å². The molecular formula is C15H28O. The van der Waals surface area contributed by atoms with Crippen molar-refractivity contribution in [2.45, 2.75) is 71.8 Å². The Morgan fingerprint density at radius 2 is 1.88 bits per heavy atom. The van der Waals surface area contributed by atoms with E-state index in [2.05, 4.69) is 27.4 Å². The van der Waals surface area contributed by atoms with Gasteiger partial charge in [-0.3, -0.25) is 0 Å². The highest BCUT2D eigenvalue weighted by Crippen LogP contribution is 2.47. The molecule has 16 heavy (non-hydrogen) atoms. The predicted octanol–water partition coefficient (Wildman–Crippen LogP) is 4.31. The van der Waals surface area contributed by atoms with Gasteiger partial charge in [-0.1, -0.05) is 45.8 Å². The molecule has 1 aliphatic carbocycles. The van der Waals surface area contributed by atoms with Crippen molar-refractivity contribution in [2.75, 3.05) is 0 Å². The minimum Gasteiger partial charge on any atom is -0.392 e. The van der Waals surface area contributed by atoms with Gasteiger partial charge in [0.05, 0.1) is 6.10 Å². The molecule has 0 spiro atoms. The second kappa shape index (κ2) is 5.86. The van der Waals surface area contributed by atoms with Crippen LogP contribution in [0.1, 0.15) is 65.7 Å². The molecule has 1 nitrogen and oxygen atoms in total. The minimum atomic E-state index is -0.162. The highest BCUT2D eigenvalue weighted by molar-refractivity contribution is 5.01. The van der Waals surface area contributed by atoms with Crippen molar-refractivity contribution in [2.24, 2.45) is 11.3 Å². The average Bonchev–Trinajstić information content (AvgIpc) is 2.66. The van der Waals surface area contributed by atoms with Crippen molar-refractivity contribution < 1.29 is 5.11 Å². The molecule has 0 aromatic carbocycles. The molecule has 1 atom stereocenters. The lowest BCUT2D eigenvalue weighted by molar-refractivity contribution is 0.0131. The van der Waals surface area contributed by atoms with Gasteiger partial charge in [0.1, 0.15) is 0 Å². The maximum Gasteiger partial charge on any atom is 0.0633 e. The quantitative estimate of drug-likeness (QED) is 0.667. The standard InChI is InChI=1S/C15H28O/c1-5-13(4)10-14(16)15(11-12(2)3)8-6-7-9-15/h12,14,16H,4-11H2,1-3H3. The SMILES string of the molecule is C=C(CC)CC(O)C1(CC(C)C)CCCC1. The molecule has 1 saturated carbocycles. The van der Waals surface area contributed by atoms with Gasteiger partial charge in [0.15, 0.2) is 0 Å². The van der Waals surface area contributed by atoms with Crippen molar-refractivity contribution in [3.05, 3.63) is 12.2 Å². The van der Waals surface area contributed by atoms with Crippen LogP contribution in [0, 0.1) is 11.3 Å². The van der Waals surface area contributed by atoms with E-state index < -0.39 is 0 Å². The molecule has 1 aliphatic rings. The maximum atomic E-state index is 10.5. The van der Waals surface area contributed by atoms with Crippen LogP contribution in [0.5, 0.6) is 0 Å². The van der Waals surface area contributed by atoms with Gasteiger partial charge in [0, 0.05) is 0 Å². The summed E-state index contributed by atoms with van der Waals surface area (Å²) in [6, 6.07) is 0. The number of aliphatic hydroxyl groups excluding tert-OH is 1. The Morgan fingerprint density at radius 1 is 1.31 bits per heavy atom. The highest BCUT2D eigenvalue weighted by Gasteiger charge is 2.40. The van der Waals surface area contributed by atoms with E-state index in [9.17, 15) is 5.11 Å². The summed E-state index contributed by atoms with van der Waals surface area (Å²) < 4.78 is 0. The molecule has 0 aromatic heterocycles. The van der Waals surface area contributed by atoms with E-state index in [1.54, 1.807) is 0 Å². The van der Waals surface area contributed by atoms with E-state index in [-0.39, 0.29) is 11.5 Å². The Kier molecular flexibility index (Phi) is 5.04. The first-order valence-electron chi connectivity index (χ1n) is 6.85. The maximum absolute atomic E-state index is 10.5. The largest absolute Gasteiger partial charge is 0.392 e. The molecule has 1 heteroatoms. The van der Waals surface area contributed by atoms with Crippen molar-refractivity contribution >= 4 is 0 Å². The zero-order valence-electron chi connectivity index (χ0n) is 11.3. The van der Waals surface area contributed by atoms with Gasteiger partial charge >= 0.3 is 0 Å². The fourth-order valence-electron chi connectivity index (χ4n) is 3.20. The third-order valence-electron chi connectivity index (χ3n) is 4.10. The Balaban J connectivity index is 2.65. The first-order chi connectivity index (χ1) is 7.50. The molecule has 1 fully saturated rings. The summed E-state index contributed by atoms with van der Waals surface area (Å²) in [6.07, 6.45) is 7.82. The van der Waals surface area contributed by atoms with E-state index in [0.717, 1.165) is 12.8 Å². The summed E-state index contributed by atoms with van der Waals surface area (Å²) in [4.78, 5) is 0. The molecule has 0 radical (unpaired) electrons. The van der Waals surface area contributed by atoms with E-state index in [4.69, 9.17) is 0 Å². The summed E-state index contributed by atoms with van der Waals surface area (Å²) in [5, 5.41) is 10.5. The third-order valence-corrected chi connectivity index (χ3v) is 4.10. The predicted molar refractivity (Wildman–Crippen MR) is 70.4 cm³/mol. The Morgan fingerprint density at radius 3 is 2.31 bits per heavy atom. The lowest BCUT2D eigenvalue weighted by Gasteiger charge is -2.36. The smallest absolute Gasteiger partial charge is 0.0633 e. The lowest BCUT2D eigenvalue weighted by Crippen LogP contribution is -2.34. The monoisotopic (exact) mass is 224 g/mol. The molecular weight excluding hydrogens is 196 g/mol. The molecule has 0 heterocycles. The number of hydrogen-bond donors (Lipinski definition) is 1. The Bertz CT molecular complexity index is 224. The van der Waals surface area contributed by atoms with Gasteiger partial charge in [-0.15, -0.1) is 0 Å². The van der Waals surface area contributed by atoms with Crippen LogP contribution in [0.3, 0.4) is 0 Å². The molecule has 1 unspecified atom stereocenters. The van der Waals surface area contributed by atoms with Crippen molar-refractivity contribution in [3.63, 3.8) is 0 Å². The van der Waals surface area contributed by atoms with Crippen LogP contribution in [0.2, 0.25) is 0 Å². The summed E-state index contributed by atoms with van der Waals surface area (Å²) >= 11 is 0. The summed E-state index contributed by atoms with van der Waals surface area (Å²) in [6.45, 7) is 10.7. The van der Waals surface area contributed by atoms with Crippen LogP contribution in [-0.2, 0) is 0 Å². The van der Waals surface area contributed by atoms with Crippen molar-refractivity contribution in [1.82, 2.24) is 0 Å². The highest BCUT2D eigenvalue weighted by atomic mass is 16.3.